The van der Waals surface area contributed by atoms with Gasteiger partial charge in [0, 0.05) is 37.4 Å². The Morgan fingerprint density at radius 1 is 1.26 bits per heavy atom. The fourth-order valence-corrected chi connectivity index (χ4v) is 2.68. The van der Waals surface area contributed by atoms with Crippen LogP contribution in [0.5, 0.6) is 0 Å². The zero-order valence-electron chi connectivity index (χ0n) is 11.1. The first kappa shape index (κ1) is 12.2. The molecule has 4 nitrogen and oxygen atoms in total. The minimum atomic E-state index is 0.611. The fourth-order valence-electron chi connectivity index (χ4n) is 2.68. The molecule has 0 aliphatic heterocycles. The molecule has 2 heterocycles. The molecule has 1 aliphatic carbocycles. The van der Waals surface area contributed by atoms with E-state index in [2.05, 4.69) is 25.9 Å². The maximum Gasteiger partial charge on any atom is 0.202 e. The van der Waals surface area contributed by atoms with Gasteiger partial charge in [0.2, 0.25) is 5.95 Å². The summed E-state index contributed by atoms with van der Waals surface area (Å²) in [4.78, 5) is 8.58. The van der Waals surface area contributed by atoms with Crippen LogP contribution in [0, 0.1) is 0 Å². The summed E-state index contributed by atoms with van der Waals surface area (Å²) >= 11 is 0. The molecule has 0 amide bonds. The van der Waals surface area contributed by atoms with Gasteiger partial charge in [-0.15, -0.1) is 0 Å². The largest absolute Gasteiger partial charge is 0.353 e. The quantitative estimate of drug-likeness (QED) is 0.894. The van der Waals surface area contributed by atoms with Gasteiger partial charge in [-0.1, -0.05) is 18.9 Å². The van der Waals surface area contributed by atoms with Crippen molar-refractivity contribution in [2.24, 2.45) is 0 Å². The molecule has 0 radical (unpaired) electrons. The Balaban J connectivity index is 1.60. The highest BCUT2D eigenvalue weighted by Crippen LogP contribution is 2.21. The SMILES string of the molecule is c1cncc(CCn2ccnc2NC2CCCC2)c1. The van der Waals surface area contributed by atoms with E-state index in [1.54, 1.807) is 0 Å². The average Bonchev–Trinajstić information content (AvgIpc) is 3.10. The van der Waals surface area contributed by atoms with Gasteiger partial charge in [-0.25, -0.2) is 4.98 Å². The maximum absolute atomic E-state index is 4.43. The predicted molar refractivity (Wildman–Crippen MR) is 76.0 cm³/mol. The molecular formula is C15H20N4. The topological polar surface area (TPSA) is 42.7 Å². The van der Waals surface area contributed by atoms with Crippen LogP contribution in [0.3, 0.4) is 0 Å². The number of nitrogens with zero attached hydrogens (tertiary/aromatic N) is 3. The second-order valence-corrected chi connectivity index (χ2v) is 5.18. The first-order chi connectivity index (χ1) is 9.42. The van der Waals surface area contributed by atoms with E-state index in [0.717, 1.165) is 18.9 Å². The van der Waals surface area contributed by atoms with Gasteiger partial charge in [0.05, 0.1) is 0 Å². The second kappa shape index (κ2) is 5.87. The molecule has 0 atom stereocenters. The number of hydrogen-bond acceptors (Lipinski definition) is 3. The van der Waals surface area contributed by atoms with Crippen LogP contribution in [0.2, 0.25) is 0 Å². The molecule has 100 valence electrons. The molecule has 0 aromatic carbocycles. The first-order valence-electron chi connectivity index (χ1n) is 7.08. The van der Waals surface area contributed by atoms with E-state index >= 15 is 0 Å². The van der Waals surface area contributed by atoms with E-state index in [1.807, 2.05) is 30.9 Å². The van der Waals surface area contributed by atoms with Crippen LogP contribution >= 0.6 is 0 Å². The molecule has 0 unspecified atom stereocenters. The number of imidazole rings is 1. The lowest BCUT2D eigenvalue weighted by Crippen LogP contribution is -2.18. The summed E-state index contributed by atoms with van der Waals surface area (Å²) in [5, 5.41) is 3.56. The van der Waals surface area contributed by atoms with Crippen molar-refractivity contribution in [1.29, 1.82) is 0 Å². The minimum Gasteiger partial charge on any atom is -0.353 e. The Morgan fingerprint density at radius 2 is 2.16 bits per heavy atom. The zero-order valence-corrected chi connectivity index (χ0v) is 11.1. The van der Waals surface area contributed by atoms with Gasteiger partial charge in [0.15, 0.2) is 0 Å². The summed E-state index contributed by atoms with van der Waals surface area (Å²) in [7, 11) is 0. The van der Waals surface area contributed by atoms with Crippen molar-refractivity contribution in [2.45, 2.75) is 44.7 Å². The smallest absolute Gasteiger partial charge is 0.202 e. The lowest BCUT2D eigenvalue weighted by Gasteiger charge is -2.14. The Hall–Kier alpha value is -1.84. The van der Waals surface area contributed by atoms with Gasteiger partial charge in [0.1, 0.15) is 0 Å². The van der Waals surface area contributed by atoms with E-state index in [4.69, 9.17) is 0 Å². The molecule has 0 bridgehead atoms. The maximum atomic E-state index is 4.43. The van der Waals surface area contributed by atoms with Crippen LogP contribution in [-0.2, 0) is 13.0 Å². The second-order valence-electron chi connectivity index (χ2n) is 5.18. The van der Waals surface area contributed by atoms with Gasteiger partial charge < -0.3 is 9.88 Å². The van der Waals surface area contributed by atoms with Gasteiger partial charge in [-0.3, -0.25) is 4.98 Å². The number of nitrogens with one attached hydrogen (secondary N) is 1. The van der Waals surface area contributed by atoms with Crippen LogP contribution in [0.15, 0.2) is 36.9 Å². The fraction of sp³-hybridized carbons (Fsp3) is 0.467. The lowest BCUT2D eigenvalue weighted by atomic mass is 10.2. The highest BCUT2D eigenvalue weighted by Gasteiger charge is 2.16. The highest BCUT2D eigenvalue weighted by atomic mass is 15.2. The number of pyridine rings is 1. The van der Waals surface area contributed by atoms with Crippen LogP contribution in [0.4, 0.5) is 5.95 Å². The monoisotopic (exact) mass is 256 g/mol. The molecule has 0 saturated heterocycles. The van der Waals surface area contributed by atoms with E-state index < -0.39 is 0 Å². The number of rotatable bonds is 5. The summed E-state index contributed by atoms with van der Waals surface area (Å²) in [6.45, 7) is 0.945. The highest BCUT2D eigenvalue weighted by molar-refractivity contribution is 5.28. The molecule has 19 heavy (non-hydrogen) atoms. The van der Waals surface area contributed by atoms with Crippen LogP contribution < -0.4 is 5.32 Å². The molecule has 2 aromatic heterocycles. The molecule has 3 rings (SSSR count). The summed E-state index contributed by atoms with van der Waals surface area (Å²) < 4.78 is 2.20. The predicted octanol–water partition coefficient (Wildman–Crippen LogP) is 2.88. The number of aryl methyl sites for hydroxylation is 2. The molecule has 1 fully saturated rings. The minimum absolute atomic E-state index is 0.611. The van der Waals surface area contributed by atoms with Crippen molar-refractivity contribution < 1.29 is 0 Å². The van der Waals surface area contributed by atoms with Crippen molar-refractivity contribution in [3.05, 3.63) is 42.5 Å². The summed E-state index contributed by atoms with van der Waals surface area (Å²) in [6, 6.07) is 4.72. The third-order valence-electron chi connectivity index (χ3n) is 3.77. The Bertz CT molecular complexity index is 500. The summed E-state index contributed by atoms with van der Waals surface area (Å²) in [5.41, 5.74) is 1.27. The van der Waals surface area contributed by atoms with Crippen LogP contribution in [-0.4, -0.2) is 20.6 Å². The van der Waals surface area contributed by atoms with Crippen molar-refractivity contribution in [2.75, 3.05) is 5.32 Å². The molecule has 1 aliphatic rings. The van der Waals surface area contributed by atoms with Gasteiger partial charge in [-0.05, 0) is 30.9 Å². The molecule has 4 heteroatoms. The first-order valence-corrected chi connectivity index (χ1v) is 7.08. The van der Waals surface area contributed by atoms with Gasteiger partial charge >= 0.3 is 0 Å². The normalized spacial score (nSPS) is 15.8. The molecular weight excluding hydrogens is 236 g/mol. The number of aromatic nitrogens is 3. The van der Waals surface area contributed by atoms with E-state index in [-0.39, 0.29) is 0 Å². The Kier molecular flexibility index (Phi) is 3.77. The number of anilines is 1. The summed E-state index contributed by atoms with van der Waals surface area (Å²) in [5.74, 6) is 1.01. The Morgan fingerprint density at radius 3 is 2.95 bits per heavy atom. The van der Waals surface area contributed by atoms with Gasteiger partial charge in [0.25, 0.3) is 0 Å². The number of hydrogen-bond donors (Lipinski definition) is 1. The molecule has 1 saturated carbocycles. The zero-order chi connectivity index (χ0) is 12.9. The van der Waals surface area contributed by atoms with Crippen molar-refractivity contribution in [3.8, 4) is 0 Å². The van der Waals surface area contributed by atoms with Gasteiger partial charge in [-0.2, -0.15) is 0 Å². The van der Waals surface area contributed by atoms with Crippen LogP contribution in [0.1, 0.15) is 31.2 Å². The molecule has 0 spiro atoms. The van der Waals surface area contributed by atoms with E-state index in [1.165, 1.54) is 31.2 Å². The average molecular weight is 256 g/mol. The van der Waals surface area contributed by atoms with Crippen LogP contribution in [0.25, 0.3) is 0 Å². The van der Waals surface area contributed by atoms with Crippen molar-refractivity contribution >= 4 is 5.95 Å². The Labute approximate surface area is 113 Å². The molecule has 1 N–H and O–H groups in total. The third kappa shape index (κ3) is 3.13. The van der Waals surface area contributed by atoms with E-state index in [0.29, 0.717) is 6.04 Å². The third-order valence-corrected chi connectivity index (χ3v) is 3.77. The van der Waals surface area contributed by atoms with Crippen molar-refractivity contribution in [1.82, 2.24) is 14.5 Å². The molecule has 2 aromatic rings. The standard InChI is InChI=1S/C15H20N4/c1-2-6-14(5-1)18-15-17-9-11-19(15)10-7-13-4-3-8-16-12-13/h3-4,8-9,11-12,14H,1-2,5-7,10H2,(H,17,18). The summed E-state index contributed by atoms with van der Waals surface area (Å²) in [6.07, 6.45) is 13.9. The van der Waals surface area contributed by atoms with E-state index in [9.17, 15) is 0 Å². The van der Waals surface area contributed by atoms with Crippen molar-refractivity contribution in [3.63, 3.8) is 0 Å². The lowest BCUT2D eigenvalue weighted by molar-refractivity contribution is 0.673.